The molecule has 0 unspecified atom stereocenters. The van der Waals surface area contributed by atoms with Crippen molar-refractivity contribution < 1.29 is 86.5 Å². The maximum absolute atomic E-state index is 12.8. The van der Waals surface area contributed by atoms with Crippen LogP contribution in [-0.2, 0) is 40.7 Å². The molecule has 3 heterocycles. The van der Waals surface area contributed by atoms with Crippen molar-refractivity contribution in [1.82, 2.24) is 4.90 Å². The minimum absolute atomic E-state index is 0.104. The topological polar surface area (TPSA) is 412 Å². The smallest absolute Gasteiger partial charge is 0.271 e. The number of hydrogen-bond donors (Lipinski definition) is 13. The van der Waals surface area contributed by atoms with Gasteiger partial charge in [0.05, 0.1) is 32.8 Å². The zero-order valence-electron chi connectivity index (χ0n) is 62.2. The van der Waals surface area contributed by atoms with Crippen molar-refractivity contribution in [2.45, 2.75) is 83.9 Å². The van der Waals surface area contributed by atoms with E-state index in [0.29, 0.717) is 92.8 Å². The summed E-state index contributed by atoms with van der Waals surface area (Å²) in [5.74, 6) is -0.695. The first-order valence-electron chi connectivity index (χ1n) is 32.0. The number of phenolic OH excluding ortho intramolecular Hbond substituents is 9. The number of anilines is 4. The van der Waals surface area contributed by atoms with E-state index in [1.165, 1.54) is 133 Å². The summed E-state index contributed by atoms with van der Waals surface area (Å²) in [4.78, 5) is 17.6. The first kappa shape index (κ1) is 92.4. The Kier molecular flexibility index (Phi) is 37.3. The molecular formula is C76H91N5O18S10. The van der Waals surface area contributed by atoms with Crippen LogP contribution in [0.1, 0.15) is 79.1 Å². The highest BCUT2D eigenvalue weighted by molar-refractivity contribution is 8.00. The summed E-state index contributed by atoms with van der Waals surface area (Å²) < 4.78 is 71.4. The standard InChI is InChI=1S/C19H19NO6S3.C15H16O4S3.2C11H15NO2S.2C10H13NO2S/c1-12-20(16(21)10-26-12)7-6-14-18(22)15(25-2)9-13(19(14)27-3)11-29(23,24)17-5-4-8-28-17;1-3-5-11-14(17)12(16)8-10(15(11)20-2)9-22(18,19)13-6-4-7-21-13;2*1-4-5-7-10(13)9(14-2)6-8(12)11(7)15-3;2*1-3-4-6-9(13)8(12)5-7(11)10(6)14-2/h4-9,22H,1,10-11H2,2-3H3;3-8,16-17H,9H2,1-2H3;2*4-6,13H,12H2,1-3H3;2*3-5,12-13H,11H2,1-2H3/b7-6+;5-3+;2*5-4+;2*4-3+. The number of nitrogens with two attached hydrogens (primary N) is 4. The maximum atomic E-state index is 12.8. The third-order valence-corrected chi connectivity index (χ3v) is 26.5. The molecular weight excluding hydrogens is 1590 g/mol. The molecule has 0 aliphatic carbocycles. The van der Waals surface area contributed by atoms with Crippen LogP contribution in [0, 0.1) is 0 Å². The van der Waals surface area contributed by atoms with Gasteiger partial charge in [-0.25, -0.2) is 16.8 Å². The number of methoxy groups -OCH3 is 3. The predicted octanol–water partition coefficient (Wildman–Crippen LogP) is 17.7. The first-order valence-corrected chi connectivity index (χ1v) is 44.4. The van der Waals surface area contributed by atoms with E-state index < -0.39 is 19.7 Å². The number of carbonyl (C=O) groups excluding carboxylic acids is 1. The maximum Gasteiger partial charge on any atom is 0.271 e. The molecule has 109 heavy (non-hydrogen) atoms. The van der Waals surface area contributed by atoms with Crippen molar-refractivity contribution in [1.29, 1.82) is 0 Å². The fourth-order valence-electron chi connectivity index (χ4n) is 10.1. The highest BCUT2D eigenvalue weighted by Crippen LogP contribution is 2.47. The number of nitrogens with zero attached hydrogens (tertiary/aromatic N) is 1. The molecule has 17 N–H and O–H groups in total. The average molecular weight is 1680 g/mol. The zero-order chi connectivity index (χ0) is 81.8. The van der Waals surface area contributed by atoms with Crippen molar-refractivity contribution in [2.75, 3.05) is 88.4 Å². The van der Waals surface area contributed by atoms with E-state index in [0.717, 1.165) is 42.3 Å². The van der Waals surface area contributed by atoms with Crippen molar-refractivity contribution in [3.63, 3.8) is 0 Å². The van der Waals surface area contributed by atoms with Crippen LogP contribution in [0.5, 0.6) is 69.0 Å². The van der Waals surface area contributed by atoms with Crippen molar-refractivity contribution >= 4 is 178 Å². The van der Waals surface area contributed by atoms with Gasteiger partial charge in [0.1, 0.15) is 8.42 Å². The Morgan fingerprint density at radius 1 is 0.450 bits per heavy atom. The fraction of sp³-hybridized carbons (Fsp3) is 0.224. The van der Waals surface area contributed by atoms with Gasteiger partial charge in [0.25, 0.3) is 5.91 Å². The van der Waals surface area contributed by atoms with Crippen molar-refractivity contribution in [3.05, 3.63) is 165 Å². The number of hydrogen-bond acceptors (Lipinski definition) is 30. The van der Waals surface area contributed by atoms with E-state index in [4.69, 9.17) is 41.9 Å². The Morgan fingerprint density at radius 3 is 1.02 bits per heavy atom. The van der Waals surface area contributed by atoms with Crippen molar-refractivity contribution in [3.8, 4) is 69.0 Å². The Hall–Kier alpha value is -9.03. The lowest BCUT2D eigenvalue weighted by Crippen LogP contribution is -2.17. The number of rotatable bonds is 22. The SMILES string of the molecule is C/C=C/c1c(O)c(O)cc(CS(=O)(=O)c2cccs2)c1SC.C/C=C/c1c(O)c(O)cc(N)c1SC.C/C=C/c1c(O)c(O)cc(N)c1SC.C/C=C/c1c(O)c(OC)cc(N)c1SC.C/C=C/c1c(O)c(OC)cc(N)c1SC.C=C1OCC(=O)N1/C=C/c1c(O)c(OC)cc(CS(=O)(=O)c2cccs2)c1SC. The number of benzene rings is 6. The molecule has 1 fully saturated rings. The molecule has 588 valence electrons. The number of phenols is 9. The van der Waals surface area contributed by atoms with Gasteiger partial charge in [-0.15, -0.1) is 93.2 Å². The minimum atomic E-state index is -3.56. The Bertz CT molecular complexity index is 4740. The van der Waals surface area contributed by atoms with E-state index in [9.17, 15) is 67.6 Å². The number of ether oxygens (including phenoxy) is 4. The molecule has 6 aromatic carbocycles. The fourth-order valence-corrected chi connectivity index (χ4v) is 19.5. The van der Waals surface area contributed by atoms with E-state index in [1.54, 1.807) is 103 Å². The normalized spacial score (nSPS) is 12.1. The van der Waals surface area contributed by atoms with Gasteiger partial charge < -0.3 is 87.8 Å². The number of carbonyl (C=O) groups is 1. The summed E-state index contributed by atoms with van der Waals surface area (Å²) >= 11 is 10.8. The lowest BCUT2D eigenvalue weighted by molar-refractivity contribution is -0.124. The summed E-state index contributed by atoms with van der Waals surface area (Å²) in [5, 5.41) is 91.6. The molecule has 2 aromatic heterocycles. The molecule has 8 aromatic rings. The summed E-state index contributed by atoms with van der Waals surface area (Å²) in [6.45, 7) is 12.8. The van der Waals surface area contributed by atoms with E-state index in [1.807, 2.05) is 77.0 Å². The number of nitrogen functional groups attached to an aromatic ring is 4. The molecule has 23 nitrogen and oxygen atoms in total. The predicted molar refractivity (Wildman–Crippen MR) is 457 cm³/mol. The number of thiophene rings is 2. The van der Waals surface area contributed by atoms with Crippen LogP contribution < -0.4 is 37.1 Å². The van der Waals surface area contributed by atoms with Gasteiger partial charge in [-0.2, -0.15) is 0 Å². The Morgan fingerprint density at radius 2 is 0.734 bits per heavy atom. The van der Waals surface area contributed by atoms with Gasteiger partial charge in [-0.1, -0.05) is 72.9 Å². The number of sulfone groups is 2. The van der Waals surface area contributed by atoms with Gasteiger partial charge in [0, 0.05) is 116 Å². The second-order valence-electron chi connectivity index (χ2n) is 22.0. The largest absolute Gasteiger partial charge is 0.504 e. The van der Waals surface area contributed by atoms with Crippen LogP contribution in [0.15, 0.2) is 158 Å². The van der Waals surface area contributed by atoms with Crippen LogP contribution in [-0.4, -0.2) is 139 Å². The van der Waals surface area contributed by atoms with Gasteiger partial charge in [-0.3, -0.25) is 9.69 Å². The highest BCUT2D eigenvalue weighted by Gasteiger charge is 2.28. The Labute approximate surface area is 670 Å². The van der Waals surface area contributed by atoms with Crippen LogP contribution in [0.4, 0.5) is 22.7 Å². The van der Waals surface area contributed by atoms with Crippen molar-refractivity contribution in [2.24, 2.45) is 0 Å². The van der Waals surface area contributed by atoms with E-state index >= 15 is 0 Å². The van der Waals surface area contributed by atoms with E-state index in [2.05, 4.69) is 6.58 Å². The van der Waals surface area contributed by atoms with Gasteiger partial charge in [0.2, 0.25) is 0 Å². The molecule has 0 radical (unpaired) electrons. The summed E-state index contributed by atoms with van der Waals surface area (Å²) in [5.41, 5.74) is 29.6. The average Bonchev–Trinajstić information content (AvgIpc) is 1.01. The van der Waals surface area contributed by atoms with Crippen LogP contribution in [0.25, 0.3) is 36.5 Å². The molecule has 0 saturated carbocycles. The second kappa shape index (κ2) is 44.0. The molecule has 0 bridgehead atoms. The second-order valence-corrected chi connectivity index (χ2v) is 33.2. The first-order chi connectivity index (χ1) is 51.7. The minimum Gasteiger partial charge on any atom is -0.504 e. The summed E-state index contributed by atoms with van der Waals surface area (Å²) in [6.07, 6.45) is 31.9. The molecule has 0 atom stereocenters. The Balaban J connectivity index is 0.000000284. The van der Waals surface area contributed by atoms with E-state index in [-0.39, 0.29) is 91.6 Å². The van der Waals surface area contributed by atoms with Gasteiger partial charge in [-0.05, 0) is 131 Å². The van der Waals surface area contributed by atoms with Gasteiger partial charge >= 0.3 is 0 Å². The third-order valence-electron chi connectivity index (χ3n) is 15.0. The van der Waals surface area contributed by atoms with Crippen LogP contribution >= 0.6 is 93.2 Å². The number of allylic oxidation sites excluding steroid dienone is 5. The lowest BCUT2D eigenvalue weighted by Gasteiger charge is -2.16. The molecule has 1 amide bonds. The molecule has 1 saturated heterocycles. The molecule has 1 aliphatic heterocycles. The molecule has 0 spiro atoms. The lowest BCUT2D eigenvalue weighted by atomic mass is 10.1. The molecule has 33 heteroatoms. The zero-order valence-corrected chi connectivity index (χ0v) is 70.4. The number of thioether (sulfide) groups is 6. The third kappa shape index (κ3) is 23.7. The number of amides is 1. The van der Waals surface area contributed by atoms with Crippen LogP contribution in [0.3, 0.4) is 0 Å². The summed E-state index contributed by atoms with van der Waals surface area (Å²) in [7, 11) is -2.63. The monoisotopic (exact) mass is 1680 g/mol. The van der Waals surface area contributed by atoms with Gasteiger partial charge in [0.15, 0.2) is 101 Å². The summed E-state index contributed by atoms with van der Waals surface area (Å²) in [6, 6.07) is 15.3. The molecule has 9 rings (SSSR count). The number of aromatic hydroxyl groups is 9. The quantitative estimate of drug-likeness (QED) is 0.0130. The van der Waals surface area contributed by atoms with Crippen LogP contribution in [0.2, 0.25) is 0 Å². The highest BCUT2D eigenvalue weighted by atomic mass is 32.2. The molecule has 1 aliphatic rings.